The molecule has 0 saturated carbocycles. The van der Waals surface area contributed by atoms with Gasteiger partial charge in [-0.25, -0.2) is 0 Å². The van der Waals surface area contributed by atoms with E-state index in [1.54, 1.807) is 0 Å². The molecular formula is C7H13F3N2O. The Morgan fingerprint density at radius 1 is 1.54 bits per heavy atom. The summed E-state index contributed by atoms with van der Waals surface area (Å²) < 4.78 is 35.6. The maximum absolute atomic E-state index is 11.9. The zero-order chi connectivity index (χ0) is 10.6. The van der Waals surface area contributed by atoms with E-state index in [1.807, 2.05) is 0 Å². The van der Waals surface area contributed by atoms with Crippen molar-refractivity contribution in [3.05, 3.63) is 0 Å². The van der Waals surface area contributed by atoms with Crippen molar-refractivity contribution >= 4 is 5.91 Å². The molecule has 13 heavy (non-hydrogen) atoms. The number of halogens is 3. The van der Waals surface area contributed by atoms with Crippen LogP contribution in [0.15, 0.2) is 0 Å². The molecule has 0 aliphatic rings. The summed E-state index contributed by atoms with van der Waals surface area (Å²) in [6, 6.07) is -0.887. The zero-order valence-corrected chi connectivity index (χ0v) is 7.56. The van der Waals surface area contributed by atoms with Crippen molar-refractivity contribution in [2.24, 2.45) is 5.73 Å². The van der Waals surface area contributed by atoms with Gasteiger partial charge in [-0.15, -0.1) is 0 Å². The number of likely N-dealkylation sites (N-methyl/N-ethyl adjacent to an activating group) is 1. The van der Waals surface area contributed by atoms with Crippen molar-refractivity contribution in [1.29, 1.82) is 0 Å². The molecule has 0 radical (unpaired) electrons. The number of alkyl halides is 3. The first-order valence-corrected chi connectivity index (χ1v) is 3.89. The molecule has 0 fully saturated rings. The Labute approximate surface area is 74.7 Å². The van der Waals surface area contributed by atoms with E-state index in [4.69, 9.17) is 5.73 Å². The fraction of sp³-hybridized carbons (Fsp3) is 0.857. The third-order valence-corrected chi connectivity index (χ3v) is 1.45. The summed E-state index contributed by atoms with van der Waals surface area (Å²) in [4.78, 5) is 11.7. The van der Waals surface area contributed by atoms with Crippen LogP contribution < -0.4 is 5.73 Å². The number of nitrogens with zero attached hydrogens (tertiary/aromatic N) is 1. The third-order valence-electron chi connectivity index (χ3n) is 1.45. The van der Waals surface area contributed by atoms with Gasteiger partial charge in [0.05, 0.1) is 6.04 Å². The minimum atomic E-state index is -4.36. The van der Waals surface area contributed by atoms with Gasteiger partial charge in [-0.2, -0.15) is 13.2 Å². The zero-order valence-electron chi connectivity index (χ0n) is 7.56. The van der Waals surface area contributed by atoms with Gasteiger partial charge in [-0.3, -0.25) is 4.79 Å². The van der Waals surface area contributed by atoms with E-state index in [-0.39, 0.29) is 6.54 Å². The van der Waals surface area contributed by atoms with Crippen molar-refractivity contribution in [2.75, 3.05) is 13.1 Å². The second kappa shape index (κ2) is 4.45. The first-order chi connectivity index (χ1) is 5.78. The second-order valence-corrected chi connectivity index (χ2v) is 2.76. The Bertz CT molecular complexity index is 179. The lowest BCUT2D eigenvalue weighted by Gasteiger charge is -2.23. The van der Waals surface area contributed by atoms with Crippen LogP contribution in [-0.4, -0.2) is 36.1 Å². The van der Waals surface area contributed by atoms with Crippen molar-refractivity contribution in [1.82, 2.24) is 4.90 Å². The monoisotopic (exact) mass is 198 g/mol. The minimum absolute atomic E-state index is 0.0138. The van der Waals surface area contributed by atoms with Crippen LogP contribution in [0.4, 0.5) is 13.2 Å². The van der Waals surface area contributed by atoms with E-state index in [2.05, 4.69) is 0 Å². The molecule has 3 nitrogen and oxygen atoms in total. The first kappa shape index (κ1) is 12.2. The topological polar surface area (TPSA) is 46.3 Å². The summed E-state index contributed by atoms with van der Waals surface area (Å²) >= 11 is 0. The van der Waals surface area contributed by atoms with Gasteiger partial charge in [0.25, 0.3) is 0 Å². The highest BCUT2D eigenvalue weighted by atomic mass is 19.4. The molecule has 0 aliphatic heterocycles. The van der Waals surface area contributed by atoms with E-state index >= 15 is 0 Å². The van der Waals surface area contributed by atoms with Gasteiger partial charge in [0.15, 0.2) is 0 Å². The smallest absolute Gasteiger partial charge is 0.333 e. The molecule has 0 aromatic heterocycles. The average molecular weight is 198 g/mol. The van der Waals surface area contributed by atoms with Gasteiger partial charge in [0, 0.05) is 6.54 Å². The molecule has 6 heteroatoms. The molecule has 0 spiro atoms. The molecule has 1 amide bonds. The molecule has 1 unspecified atom stereocenters. The standard InChI is InChI=1S/C7H13F3N2O/c1-3-12(4-7(8,9)10)6(13)5(2)11/h5H,3-4,11H2,1-2H3. The van der Waals surface area contributed by atoms with Crippen molar-refractivity contribution < 1.29 is 18.0 Å². The van der Waals surface area contributed by atoms with Crippen LogP contribution in [0.5, 0.6) is 0 Å². The number of nitrogens with two attached hydrogens (primary N) is 1. The molecule has 2 N–H and O–H groups in total. The van der Waals surface area contributed by atoms with Crippen LogP contribution in [0, 0.1) is 0 Å². The lowest BCUT2D eigenvalue weighted by atomic mass is 10.3. The van der Waals surface area contributed by atoms with Gasteiger partial charge >= 0.3 is 6.18 Å². The summed E-state index contributed by atoms with van der Waals surface area (Å²) in [5.41, 5.74) is 5.17. The van der Waals surface area contributed by atoms with Crippen molar-refractivity contribution in [3.8, 4) is 0 Å². The maximum atomic E-state index is 11.9. The fourth-order valence-electron chi connectivity index (χ4n) is 0.850. The summed E-state index contributed by atoms with van der Waals surface area (Å²) in [7, 11) is 0. The van der Waals surface area contributed by atoms with Gasteiger partial charge in [0.2, 0.25) is 5.91 Å². The van der Waals surface area contributed by atoms with Gasteiger partial charge in [-0.05, 0) is 13.8 Å². The first-order valence-electron chi connectivity index (χ1n) is 3.89. The fourth-order valence-corrected chi connectivity index (χ4v) is 0.850. The van der Waals surface area contributed by atoms with Crippen LogP contribution in [-0.2, 0) is 4.79 Å². The van der Waals surface area contributed by atoms with Crippen LogP contribution >= 0.6 is 0 Å². The normalized spacial score (nSPS) is 14.0. The number of carbonyl (C=O) groups is 1. The summed E-state index contributed by atoms with van der Waals surface area (Å²) in [6.07, 6.45) is -4.36. The van der Waals surface area contributed by atoms with E-state index in [9.17, 15) is 18.0 Å². The Balaban J connectivity index is 4.27. The van der Waals surface area contributed by atoms with Gasteiger partial charge in [0.1, 0.15) is 6.54 Å². The molecule has 0 aromatic carbocycles. The van der Waals surface area contributed by atoms with Gasteiger partial charge < -0.3 is 10.6 Å². The molecule has 0 rings (SSSR count). The predicted molar refractivity (Wildman–Crippen MR) is 42.0 cm³/mol. The van der Waals surface area contributed by atoms with Crippen LogP contribution in [0.1, 0.15) is 13.8 Å². The van der Waals surface area contributed by atoms with E-state index in [1.165, 1.54) is 13.8 Å². The Hall–Kier alpha value is -0.780. The van der Waals surface area contributed by atoms with E-state index < -0.39 is 24.7 Å². The van der Waals surface area contributed by atoms with Crippen LogP contribution in [0.3, 0.4) is 0 Å². The number of hydrogen-bond donors (Lipinski definition) is 1. The number of amides is 1. The van der Waals surface area contributed by atoms with Crippen molar-refractivity contribution in [2.45, 2.75) is 26.1 Å². The highest BCUT2D eigenvalue weighted by molar-refractivity contribution is 5.81. The number of rotatable bonds is 3. The molecule has 0 saturated heterocycles. The van der Waals surface area contributed by atoms with Crippen LogP contribution in [0.2, 0.25) is 0 Å². The molecule has 0 aromatic rings. The lowest BCUT2D eigenvalue weighted by molar-refractivity contribution is -0.161. The minimum Gasteiger partial charge on any atom is -0.333 e. The highest BCUT2D eigenvalue weighted by Crippen LogP contribution is 2.16. The Morgan fingerprint density at radius 2 is 2.00 bits per heavy atom. The largest absolute Gasteiger partial charge is 0.406 e. The second-order valence-electron chi connectivity index (χ2n) is 2.76. The lowest BCUT2D eigenvalue weighted by Crippen LogP contribution is -2.46. The summed E-state index contributed by atoms with van der Waals surface area (Å²) in [5.74, 6) is -0.681. The number of hydrogen-bond acceptors (Lipinski definition) is 2. The summed E-state index contributed by atoms with van der Waals surface area (Å²) in [5, 5.41) is 0. The molecule has 0 aliphatic carbocycles. The third kappa shape index (κ3) is 4.72. The highest BCUT2D eigenvalue weighted by Gasteiger charge is 2.32. The maximum Gasteiger partial charge on any atom is 0.406 e. The van der Waals surface area contributed by atoms with E-state index in [0.29, 0.717) is 4.90 Å². The van der Waals surface area contributed by atoms with Gasteiger partial charge in [-0.1, -0.05) is 0 Å². The number of carbonyl (C=O) groups excluding carboxylic acids is 1. The van der Waals surface area contributed by atoms with Crippen molar-refractivity contribution in [3.63, 3.8) is 0 Å². The molecule has 1 atom stereocenters. The summed E-state index contributed by atoms with van der Waals surface area (Å²) in [6.45, 7) is 1.62. The van der Waals surface area contributed by atoms with Crippen LogP contribution in [0.25, 0.3) is 0 Å². The molecule has 0 bridgehead atoms. The van der Waals surface area contributed by atoms with E-state index in [0.717, 1.165) is 0 Å². The average Bonchev–Trinajstić information content (AvgIpc) is 1.97. The molecular weight excluding hydrogens is 185 g/mol. The quantitative estimate of drug-likeness (QED) is 0.727. The SMILES string of the molecule is CCN(CC(F)(F)F)C(=O)C(C)N. The Morgan fingerprint density at radius 3 is 2.23 bits per heavy atom. The predicted octanol–water partition coefficient (Wildman–Crippen LogP) is 0.744. The molecule has 0 heterocycles. The Kier molecular flexibility index (Phi) is 4.19. The molecule has 78 valence electrons.